The Bertz CT molecular complexity index is 225. The number of piperidine rings is 1. The van der Waals surface area contributed by atoms with Crippen LogP contribution in [0.3, 0.4) is 0 Å². The molecule has 0 bridgehead atoms. The van der Waals surface area contributed by atoms with Gasteiger partial charge in [-0.1, -0.05) is 13.0 Å². The topological polar surface area (TPSA) is 46.3 Å². The average Bonchev–Trinajstić information content (AvgIpc) is 2.17. The van der Waals surface area contributed by atoms with Crippen molar-refractivity contribution in [3.63, 3.8) is 0 Å². The molecular formula is C11H20N2O. The fourth-order valence-electron chi connectivity index (χ4n) is 2.00. The highest BCUT2D eigenvalue weighted by Gasteiger charge is 2.27. The summed E-state index contributed by atoms with van der Waals surface area (Å²) in [7, 11) is 0. The molecule has 1 amide bonds. The Morgan fingerprint density at radius 2 is 2.36 bits per heavy atom. The Kier molecular flexibility index (Phi) is 4.14. The average molecular weight is 196 g/mol. The number of carbonyl (C=O) groups is 1. The summed E-state index contributed by atoms with van der Waals surface area (Å²) >= 11 is 0. The molecule has 2 unspecified atom stereocenters. The number of carbonyl (C=O) groups excluding carboxylic acids is 1. The number of hydrogen-bond acceptors (Lipinski definition) is 2. The van der Waals surface area contributed by atoms with Crippen LogP contribution in [0.5, 0.6) is 0 Å². The first kappa shape index (κ1) is 11.2. The fraction of sp³-hybridized carbons (Fsp3) is 0.727. The number of amides is 1. The van der Waals surface area contributed by atoms with Gasteiger partial charge in [0.05, 0.1) is 0 Å². The van der Waals surface area contributed by atoms with Crippen LogP contribution in [0.25, 0.3) is 0 Å². The first-order valence-electron chi connectivity index (χ1n) is 5.32. The molecule has 3 heteroatoms. The van der Waals surface area contributed by atoms with E-state index in [0.29, 0.717) is 12.5 Å². The molecule has 2 atom stereocenters. The molecule has 0 aliphatic carbocycles. The highest BCUT2D eigenvalue weighted by atomic mass is 16.2. The minimum atomic E-state index is 0.106. The van der Waals surface area contributed by atoms with Gasteiger partial charge in [-0.25, -0.2) is 0 Å². The van der Waals surface area contributed by atoms with E-state index in [1.807, 2.05) is 11.8 Å². The van der Waals surface area contributed by atoms with Crippen molar-refractivity contribution in [3.8, 4) is 0 Å². The monoisotopic (exact) mass is 196 g/mol. The zero-order chi connectivity index (χ0) is 10.6. The third-order valence-electron chi connectivity index (χ3n) is 2.84. The first-order chi connectivity index (χ1) is 6.69. The summed E-state index contributed by atoms with van der Waals surface area (Å²) in [5.74, 6) is 0.799. The van der Waals surface area contributed by atoms with Crippen molar-refractivity contribution in [1.29, 1.82) is 0 Å². The third-order valence-corrected chi connectivity index (χ3v) is 2.84. The molecule has 1 rings (SSSR count). The summed E-state index contributed by atoms with van der Waals surface area (Å²) in [5.41, 5.74) is 5.67. The number of allylic oxidation sites excluding steroid dienone is 1. The summed E-state index contributed by atoms with van der Waals surface area (Å²) < 4.78 is 0. The number of nitrogens with two attached hydrogens (primary N) is 1. The van der Waals surface area contributed by atoms with E-state index < -0.39 is 0 Å². The molecule has 0 saturated carbocycles. The summed E-state index contributed by atoms with van der Waals surface area (Å²) in [5, 5.41) is 0. The van der Waals surface area contributed by atoms with Gasteiger partial charge >= 0.3 is 0 Å². The highest BCUT2D eigenvalue weighted by Crippen LogP contribution is 2.21. The second kappa shape index (κ2) is 5.15. The lowest BCUT2D eigenvalue weighted by atomic mass is 9.92. The van der Waals surface area contributed by atoms with Crippen molar-refractivity contribution in [2.24, 2.45) is 11.7 Å². The lowest BCUT2D eigenvalue weighted by Gasteiger charge is -2.37. The zero-order valence-electron chi connectivity index (χ0n) is 9.07. The van der Waals surface area contributed by atoms with Crippen molar-refractivity contribution < 1.29 is 4.79 Å². The van der Waals surface area contributed by atoms with Crippen molar-refractivity contribution in [2.75, 3.05) is 13.1 Å². The lowest BCUT2D eigenvalue weighted by molar-refractivity contribution is -0.129. The van der Waals surface area contributed by atoms with Crippen molar-refractivity contribution in [3.05, 3.63) is 12.2 Å². The summed E-state index contributed by atoms with van der Waals surface area (Å²) in [6.45, 7) is 5.52. The number of rotatable bonds is 2. The van der Waals surface area contributed by atoms with Crippen LogP contribution in [0.2, 0.25) is 0 Å². The second-order valence-corrected chi connectivity index (χ2v) is 4.05. The summed E-state index contributed by atoms with van der Waals surface area (Å²) in [6.07, 6.45) is 5.55. The molecule has 1 aliphatic rings. The van der Waals surface area contributed by atoms with Gasteiger partial charge in [-0.2, -0.15) is 0 Å². The van der Waals surface area contributed by atoms with Gasteiger partial charge in [-0.05, 0) is 31.8 Å². The van der Waals surface area contributed by atoms with Crippen molar-refractivity contribution in [1.82, 2.24) is 4.90 Å². The van der Waals surface area contributed by atoms with Gasteiger partial charge in [-0.15, -0.1) is 0 Å². The summed E-state index contributed by atoms with van der Waals surface area (Å²) in [6, 6.07) is 0.238. The molecule has 0 spiro atoms. The van der Waals surface area contributed by atoms with E-state index in [9.17, 15) is 4.79 Å². The molecule has 80 valence electrons. The van der Waals surface area contributed by atoms with Crippen LogP contribution in [0.4, 0.5) is 0 Å². The quantitative estimate of drug-likeness (QED) is 0.673. The van der Waals surface area contributed by atoms with Crippen LogP contribution in [-0.2, 0) is 4.79 Å². The Labute approximate surface area is 86.0 Å². The molecular weight excluding hydrogens is 176 g/mol. The van der Waals surface area contributed by atoms with Crippen LogP contribution in [0, 0.1) is 5.92 Å². The van der Waals surface area contributed by atoms with E-state index in [1.165, 1.54) is 0 Å². The van der Waals surface area contributed by atoms with Gasteiger partial charge in [0, 0.05) is 19.1 Å². The van der Waals surface area contributed by atoms with Gasteiger partial charge in [-0.3, -0.25) is 4.79 Å². The zero-order valence-corrected chi connectivity index (χ0v) is 9.07. The van der Waals surface area contributed by atoms with Gasteiger partial charge in [0.15, 0.2) is 0 Å². The molecule has 0 aromatic rings. The predicted octanol–water partition coefficient (Wildman–Crippen LogP) is 1.15. The lowest BCUT2D eigenvalue weighted by Crippen LogP contribution is -2.48. The van der Waals surface area contributed by atoms with Gasteiger partial charge < -0.3 is 10.6 Å². The molecule has 3 nitrogen and oxygen atoms in total. The standard InChI is InChI=1S/C11H20N2O/c1-3-4-11(14)13-6-5-9(2)7-10(13)8-12/h3-4,9-10H,5-8,12H2,1-2H3/b4-3+. The molecule has 0 aromatic heterocycles. The van der Waals surface area contributed by atoms with Gasteiger partial charge in [0.1, 0.15) is 0 Å². The maximum Gasteiger partial charge on any atom is 0.246 e. The van der Waals surface area contributed by atoms with Crippen LogP contribution in [0.15, 0.2) is 12.2 Å². The Hall–Kier alpha value is -0.830. The molecule has 0 radical (unpaired) electrons. The van der Waals surface area contributed by atoms with E-state index in [1.54, 1.807) is 12.2 Å². The number of likely N-dealkylation sites (tertiary alicyclic amines) is 1. The van der Waals surface area contributed by atoms with E-state index in [2.05, 4.69) is 6.92 Å². The van der Waals surface area contributed by atoms with Gasteiger partial charge in [0.2, 0.25) is 5.91 Å². The maximum absolute atomic E-state index is 11.7. The molecule has 2 N–H and O–H groups in total. The first-order valence-corrected chi connectivity index (χ1v) is 5.32. The van der Waals surface area contributed by atoms with Crippen LogP contribution >= 0.6 is 0 Å². The fourth-order valence-corrected chi connectivity index (χ4v) is 2.00. The van der Waals surface area contributed by atoms with E-state index >= 15 is 0 Å². The second-order valence-electron chi connectivity index (χ2n) is 4.05. The maximum atomic E-state index is 11.7. The largest absolute Gasteiger partial charge is 0.335 e. The van der Waals surface area contributed by atoms with Gasteiger partial charge in [0.25, 0.3) is 0 Å². The molecule has 1 fully saturated rings. The molecule has 0 aromatic carbocycles. The van der Waals surface area contributed by atoms with E-state index in [0.717, 1.165) is 19.4 Å². The van der Waals surface area contributed by atoms with Crippen molar-refractivity contribution in [2.45, 2.75) is 32.7 Å². The minimum absolute atomic E-state index is 0.106. The Morgan fingerprint density at radius 3 is 2.93 bits per heavy atom. The predicted molar refractivity (Wildman–Crippen MR) is 57.8 cm³/mol. The van der Waals surface area contributed by atoms with E-state index in [-0.39, 0.29) is 11.9 Å². The van der Waals surface area contributed by atoms with Crippen LogP contribution < -0.4 is 5.73 Å². The van der Waals surface area contributed by atoms with Crippen LogP contribution in [0.1, 0.15) is 26.7 Å². The number of hydrogen-bond donors (Lipinski definition) is 1. The third kappa shape index (κ3) is 2.58. The van der Waals surface area contributed by atoms with E-state index in [4.69, 9.17) is 5.73 Å². The highest BCUT2D eigenvalue weighted by molar-refractivity contribution is 5.87. The Morgan fingerprint density at radius 1 is 1.64 bits per heavy atom. The molecule has 1 saturated heterocycles. The normalized spacial score (nSPS) is 28.4. The van der Waals surface area contributed by atoms with Crippen molar-refractivity contribution >= 4 is 5.91 Å². The minimum Gasteiger partial charge on any atom is -0.335 e. The molecule has 1 heterocycles. The smallest absolute Gasteiger partial charge is 0.246 e. The SMILES string of the molecule is C/C=C/C(=O)N1CCC(C)CC1CN. The molecule has 1 aliphatic heterocycles. The Balaban J connectivity index is 2.62. The van der Waals surface area contributed by atoms with Crippen LogP contribution in [-0.4, -0.2) is 29.9 Å². The number of nitrogens with zero attached hydrogens (tertiary/aromatic N) is 1. The molecule has 14 heavy (non-hydrogen) atoms. The summed E-state index contributed by atoms with van der Waals surface area (Å²) in [4.78, 5) is 13.6.